The molecule has 8 aromatic rings. The van der Waals surface area contributed by atoms with Crippen LogP contribution in [0.1, 0.15) is 5.56 Å². The van der Waals surface area contributed by atoms with Crippen LogP contribution >= 0.6 is 0 Å². The normalized spacial score (nSPS) is 10.2. The van der Waals surface area contributed by atoms with E-state index in [2.05, 4.69) is 47.3 Å². The second-order valence-electron chi connectivity index (χ2n) is 10.3. The van der Waals surface area contributed by atoms with E-state index in [1.54, 1.807) is 6.20 Å². The maximum Gasteiger partial charge on any atom is 0.123 e. The number of nitrogens with zero attached hydrogens (tertiary/aromatic N) is 3. The Labute approximate surface area is 283 Å². The molecule has 0 atom stereocenters. The Morgan fingerprint density at radius 3 is 2.04 bits per heavy atom. The van der Waals surface area contributed by atoms with Gasteiger partial charge in [-0.1, -0.05) is 71.6 Å². The molecule has 4 heterocycles. The Morgan fingerprint density at radius 1 is 0.630 bits per heavy atom. The maximum atomic E-state index is 5.89. The molecule has 0 saturated heterocycles. The Balaban J connectivity index is 0.000000141. The van der Waals surface area contributed by atoms with E-state index in [9.17, 15) is 0 Å². The SMILES string of the molecule is Cc1ccc(-c2[c-]cc3c(c2)oc2ccccc23)nc1.[CH2-][n+]1ccccc1-c1[c-]cccc1.[Ir].[c-]1ccccc1-c1ccccn1. The largest absolute Gasteiger partial charge is 0.476 e. The summed E-state index contributed by atoms with van der Waals surface area (Å²) in [7, 11) is 3.89. The van der Waals surface area contributed by atoms with Gasteiger partial charge in [0.05, 0.1) is 11.8 Å². The van der Waals surface area contributed by atoms with Crippen LogP contribution in [0.3, 0.4) is 0 Å². The molecule has 0 spiro atoms. The van der Waals surface area contributed by atoms with Gasteiger partial charge in [0.15, 0.2) is 0 Å². The molecule has 0 amide bonds. The Morgan fingerprint density at radius 2 is 1.35 bits per heavy atom. The van der Waals surface area contributed by atoms with Crippen molar-refractivity contribution in [1.29, 1.82) is 0 Å². The van der Waals surface area contributed by atoms with Crippen molar-refractivity contribution in [2.75, 3.05) is 0 Å². The molecule has 0 fully saturated rings. The molecule has 0 saturated carbocycles. The molecule has 4 aromatic heterocycles. The van der Waals surface area contributed by atoms with E-state index in [-0.39, 0.29) is 20.1 Å². The van der Waals surface area contributed by atoms with Gasteiger partial charge in [-0.05, 0) is 47.5 Å². The van der Waals surface area contributed by atoms with Gasteiger partial charge >= 0.3 is 0 Å². The van der Waals surface area contributed by atoms with Gasteiger partial charge in [-0.3, -0.25) is 0 Å². The van der Waals surface area contributed by atoms with Crippen molar-refractivity contribution in [3.05, 3.63) is 183 Å². The molecule has 0 N–H and O–H groups in total. The molecule has 0 bridgehead atoms. The minimum Gasteiger partial charge on any atom is -0.476 e. The second-order valence-corrected chi connectivity index (χ2v) is 10.3. The summed E-state index contributed by atoms with van der Waals surface area (Å²) in [5.41, 5.74) is 8.96. The Bertz CT molecular complexity index is 2070. The van der Waals surface area contributed by atoms with E-state index in [1.807, 2.05) is 145 Å². The summed E-state index contributed by atoms with van der Waals surface area (Å²) in [6.45, 7) is 2.03. The van der Waals surface area contributed by atoms with Crippen molar-refractivity contribution in [3.63, 3.8) is 0 Å². The van der Waals surface area contributed by atoms with Gasteiger partial charge in [0.1, 0.15) is 11.3 Å². The molecule has 0 unspecified atom stereocenters. The van der Waals surface area contributed by atoms with Gasteiger partial charge in [0.2, 0.25) is 0 Å². The molecule has 4 aromatic carbocycles. The van der Waals surface area contributed by atoms with Crippen molar-refractivity contribution >= 4 is 21.9 Å². The molecule has 46 heavy (non-hydrogen) atoms. The molecule has 0 aliphatic heterocycles. The van der Waals surface area contributed by atoms with Gasteiger partial charge in [0, 0.05) is 39.5 Å². The zero-order valence-electron chi connectivity index (χ0n) is 25.2. The summed E-state index contributed by atoms with van der Waals surface area (Å²) in [5, 5.41) is 2.22. The molecule has 227 valence electrons. The third kappa shape index (κ3) is 7.83. The van der Waals surface area contributed by atoms with Gasteiger partial charge in [-0.25, -0.2) is 0 Å². The number of aromatic nitrogens is 3. The second kappa shape index (κ2) is 15.6. The van der Waals surface area contributed by atoms with E-state index < -0.39 is 0 Å². The Hall–Kier alpha value is -5.35. The van der Waals surface area contributed by atoms with Crippen molar-refractivity contribution in [1.82, 2.24) is 9.97 Å². The predicted octanol–water partition coefficient (Wildman–Crippen LogP) is 9.38. The quantitative estimate of drug-likeness (QED) is 0.133. The number of benzene rings is 4. The van der Waals surface area contributed by atoms with Crippen LogP contribution in [-0.2, 0) is 20.1 Å². The average molecular weight is 773 g/mol. The number of hydrogen-bond acceptors (Lipinski definition) is 3. The molecule has 0 aliphatic carbocycles. The molecular weight excluding hydrogens is 743 g/mol. The summed E-state index contributed by atoms with van der Waals surface area (Å²) >= 11 is 0. The minimum atomic E-state index is 0. The molecule has 0 aliphatic rings. The summed E-state index contributed by atoms with van der Waals surface area (Å²) in [4.78, 5) is 8.65. The first-order valence-corrected chi connectivity index (χ1v) is 14.6. The van der Waals surface area contributed by atoms with Crippen LogP contribution in [0.2, 0.25) is 0 Å². The van der Waals surface area contributed by atoms with Crippen molar-refractivity contribution < 1.29 is 29.1 Å². The molecular formula is C41H30IrN3O-3. The number of fused-ring (bicyclic) bond motifs is 3. The first kappa shape index (κ1) is 32.1. The average Bonchev–Trinajstić information content (AvgIpc) is 3.49. The third-order valence-corrected chi connectivity index (χ3v) is 7.07. The molecule has 5 heteroatoms. The molecule has 4 nitrogen and oxygen atoms in total. The predicted molar refractivity (Wildman–Crippen MR) is 181 cm³/mol. The first-order valence-electron chi connectivity index (χ1n) is 14.6. The number of para-hydroxylation sites is 1. The molecule has 8 rings (SSSR count). The van der Waals surface area contributed by atoms with Crippen LogP contribution in [0.15, 0.2) is 156 Å². The maximum absolute atomic E-state index is 5.89. The number of furan rings is 1. The van der Waals surface area contributed by atoms with Gasteiger partial charge in [-0.2, -0.15) is 0 Å². The smallest absolute Gasteiger partial charge is 0.123 e. The number of pyridine rings is 3. The van der Waals surface area contributed by atoms with E-state index in [4.69, 9.17) is 4.42 Å². The summed E-state index contributed by atoms with van der Waals surface area (Å²) in [6.07, 6.45) is 5.58. The van der Waals surface area contributed by atoms with E-state index >= 15 is 0 Å². The fraction of sp³-hybridized carbons (Fsp3) is 0.0244. The zero-order valence-corrected chi connectivity index (χ0v) is 27.6. The van der Waals surface area contributed by atoms with Crippen LogP contribution < -0.4 is 4.57 Å². The van der Waals surface area contributed by atoms with E-state index in [0.29, 0.717) is 0 Å². The minimum absolute atomic E-state index is 0. The first-order chi connectivity index (χ1) is 22.2. The number of rotatable bonds is 3. The summed E-state index contributed by atoms with van der Waals surface area (Å²) in [5.74, 6) is 0. The topological polar surface area (TPSA) is 42.8 Å². The number of hydrogen-bond donors (Lipinski definition) is 0. The van der Waals surface area contributed by atoms with Crippen LogP contribution in [0.4, 0.5) is 0 Å². The van der Waals surface area contributed by atoms with E-state index in [0.717, 1.165) is 61.3 Å². The monoisotopic (exact) mass is 773 g/mol. The summed E-state index contributed by atoms with van der Waals surface area (Å²) in [6, 6.07) is 53.3. The fourth-order valence-electron chi connectivity index (χ4n) is 4.79. The summed E-state index contributed by atoms with van der Waals surface area (Å²) < 4.78 is 7.73. The third-order valence-electron chi connectivity index (χ3n) is 7.07. The van der Waals surface area contributed by atoms with E-state index in [1.165, 1.54) is 0 Å². The van der Waals surface area contributed by atoms with Gasteiger partial charge in [0.25, 0.3) is 0 Å². The number of aryl methyl sites for hydroxylation is 1. The van der Waals surface area contributed by atoms with Crippen molar-refractivity contribution in [2.45, 2.75) is 6.92 Å². The zero-order chi connectivity index (χ0) is 30.8. The van der Waals surface area contributed by atoms with Gasteiger partial charge in [-0.15, -0.1) is 83.9 Å². The standard InChI is InChI=1S/C18H12NO.C12H10N.C11H8N.Ir/c1-12-6-9-16(19-11-12)13-7-8-15-14-4-2-3-5-17(14)20-18(15)10-13;1-13-10-6-5-9-12(13)11-7-3-2-4-8-11;1-2-6-10(7-3-1)11-8-4-5-9-12-11;/h2-6,8-11H,1H3;2-7,9-10H,1H2;1-6,8-9H;/q3*-1;. The fourth-order valence-corrected chi connectivity index (χ4v) is 4.79. The van der Waals surface area contributed by atoms with Crippen LogP contribution in [-0.4, -0.2) is 9.97 Å². The van der Waals surface area contributed by atoms with Crippen molar-refractivity contribution in [3.8, 4) is 33.8 Å². The van der Waals surface area contributed by atoms with Crippen molar-refractivity contribution in [2.24, 2.45) is 0 Å². The van der Waals surface area contributed by atoms with Crippen LogP contribution in [0, 0.1) is 32.2 Å². The molecule has 1 radical (unpaired) electrons. The van der Waals surface area contributed by atoms with Crippen LogP contribution in [0.5, 0.6) is 0 Å². The van der Waals surface area contributed by atoms with Crippen LogP contribution in [0.25, 0.3) is 55.7 Å². The van der Waals surface area contributed by atoms with Gasteiger partial charge < -0.3 is 19.0 Å². The Kier molecular flexibility index (Phi) is 10.9.